The number of ether oxygens (including phenoxy) is 4. The van der Waals surface area contributed by atoms with Gasteiger partial charge in [-0.25, -0.2) is 4.98 Å². The lowest BCUT2D eigenvalue weighted by atomic mass is 9.96. The summed E-state index contributed by atoms with van der Waals surface area (Å²) in [6, 6.07) is 17.0. The topological polar surface area (TPSA) is 293 Å². The first kappa shape index (κ1) is 45.8. The van der Waals surface area contributed by atoms with Crippen molar-refractivity contribution in [1.29, 1.82) is 0 Å². The molecular weight excluding hydrogens is 798 g/mol. The van der Waals surface area contributed by atoms with Gasteiger partial charge in [0.1, 0.15) is 54.5 Å². The third-order valence-electron chi connectivity index (χ3n) is 9.81. The predicted octanol–water partition coefficient (Wildman–Crippen LogP) is 1.08. The van der Waals surface area contributed by atoms with Crippen molar-refractivity contribution in [3.63, 3.8) is 0 Å². The Morgan fingerprint density at radius 2 is 1.67 bits per heavy atom. The number of carbonyl (C=O) groups is 5. The van der Waals surface area contributed by atoms with Crippen LogP contribution in [0, 0.1) is 10.1 Å². The molecule has 1 saturated heterocycles. The van der Waals surface area contributed by atoms with Gasteiger partial charge in [0.2, 0.25) is 23.6 Å². The number of nitro benzene ring substituents is 1. The molecule has 0 radical (unpaired) electrons. The summed E-state index contributed by atoms with van der Waals surface area (Å²) in [5, 5.41) is 44.4. The zero-order valence-corrected chi connectivity index (χ0v) is 33.6. The Kier molecular flexibility index (Phi) is 16.0. The van der Waals surface area contributed by atoms with Gasteiger partial charge >= 0.3 is 5.97 Å². The maximum Gasteiger partial charge on any atom is 0.305 e. The van der Waals surface area contributed by atoms with Crippen LogP contribution in [0.15, 0.2) is 72.8 Å². The van der Waals surface area contributed by atoms with Gasteiger partial charge in [-0.15, -0.1) is 0 Å². The summed E-state index contributed by atoms with van der Waals surface area (Å²) in [6.45, 7) is 3.26. The van der Waals surface area contributed by atoms with E-state index < -0.39 is 90.0 Å². The Morgan fingerprint density at radius 1 is 0.967 bits per heavy atom. The van der Waals surface area contributed by atoms with Crippen molar-refractivity contribution in [3.8, 4) is 0 Å². The quantitative estimate of drug-likeness (QED) is 0.0215. The number of nitrogens with one attached hydrogen (secondary N) is 4. The number of anilines is 1. The first-order valence-electron chi connectivity index (χ1n) is 19.5. The van der Waals surface area contributed by atoms with Gasteiger partial charge in [0.05, 0.1) is 34.9 Å². The highest BCUT2D eigenvalue weighted by Crippen LogP contribution is 2.36. The molecule has 326 valence electrons. The average molecular weight is 848 g/mol. The minimum Gasteiger partial charge on any atom is -0.464 e. The number of esters is 1. The number of primary amides is 1. The van der Waals surface area contributed by atoms with Crippen LogP contribution in [0.2, 0.25) is 0 Å². The third kappa shape index (κ3) is 11.9. The number of para-hydroxylation sites is 1. The summed E-state index contributed by atoms with van der Waals surface area (Å²) in [7, 11) is 0. The van der Waals surface area contributed by atoms with E-state index in [4.69, 9.17) is 24.7 Å². The second-order valence-electron chi connectivity index (χ2n) is 14.3. The van der Waals surface area contributed by atoms with Gasteiger partial charge in [-0.2, -0.15) is 0 Å². The molecule has 4 amide bonds. The zero-order valence-electron chi connectivity index (χ0n) is 33.6. The number of fused-ring (bicyclic) bond motifs is 2. The lowest BCUT2D eigenvalue weighted by Gasteiger charge is -2.44. The number of nitrogens with zero attached hydrogens (tertiary/aromatic N) is 2. The molecule has 1 aliphatic rings. The Balaban J connectivity index is 1.12. The summed E-state index contributed by atoms with van der Waals surface area (Å²) < 4.78 is 22.9. The number of aliphatic hydroxyl groups excluding tert-OH is 2. The van der Waals surface area contributed by atoms with Gasteiger partial charge < -0.3 is 56.2 Å². The standard InChI is InChI=1S/C41H49N7O13/c1-22(44-40(55)23(2)60-37-35(45-24(3)50)41(61-31(20-49)36(37)52)59-21-25-10-5-4-6-11-25)39(54)47-29(38(42)53)16-17-32(51)58-19-18-43-34-26-12-7-8-13-27(26)46-28-14-9-15-30(33(28)34)48(56)57/h4-15,22-23,29,31,35-37,41,49,52H,16-21H2,1-3H3,(H2,42,53)(H,43,46)(H,44,55)(H,45,50)(H,47,54)/t22-,23+,29+,31+,35-,36-,37+,41+/m0/s1. The van der Waals surface area contributed by atoms with Crippen molar-refractivity contribution in [3.05, 3.63) is 88.5 Å². The zero-order chi connectivity index (χ0) is 44.2. The first-order chi connectivity index (χ1) is 29.2. The summed E-state index contributed by atoms with van der Waals surface area (Å²) in [5.41, 5.74) is 7.62. The van der Waals surface area contributed by atoms with Crippen LogP contribution in [0.3, 0.4) is 0 Å². The van der Waals surface area contributed by atoms with Crippen LogP contribution < -0.4 is 27.0 Å². The van der Waals surface area contributed by atoms with Crippen LogP contribution in [-0.2, 0) is 49.5 Å². The first-order valence-corrected chi connectivity index (χ1v) is 19.5. The van der Waals surface area contributed by atoms with Gasteiger partial charge in [-0.1, -0.05) is 54.6 Å². The van der Waals surface area contributed by atoms with Gasteiger partial charge in [0.15, 0.2) is 6.29 Å². The van der Waals surface area contributed by atoms with Crippen LogP contribution in [0.5, 0.6) is 0 Å². The van der Waals surface area contributed by atoms with Crippen molar-refractivity contribution in [1.82, 2.24) is 20.9 Å². The van der Waals surface area contributed by atoms with Gasteiger partial charge in [0, 0.05) is 31.3 Å². The fourth-order valence-electron chi connectivity index (χ4n) is 6.72. The maximum atomic E-state index is 13.2. The molecule has 1 fully saturated rings. The van der Waals surface area contributed by atoms with Crippen LogP contribution in [0.25, 0.3) is 21.8 Å². The van der Waals surface area contributed by atoms with Crippen LogP contribution >= 0.6 is 0 Å². The highest BCUT2D eigenvalue weighted by atomic mass is 16.7. The molecule has 1 aromatic heterocycles. The molecule has 8 N–H and O–H groups in total. The number of nitro groups is 1. The van der Waals surface area contributed by atoms with Crippen molar-refractivity contribution in [2.75, 3.05) is 25.1 Å². The largest absolute Gasteiger partial charge is 0.464 e. The number of pyridine rings is 1. The molecule has 20 heteroatoms. The molecule has 1 aliphatic heterocycles. The summed E-state index contributed by atoms with van der Waals surface area (Å²) in [4.78, 5) is 79.3. The van der Waals surface area contributed by atoms with Gasteiger partial charge in [-0.3, -0.25) is 34.1 Å². The number of aromatic nitrogens is 1. The van der Waals surface area contributed by atoms with E-state index in [1.807, 2.05) is 6.07 Å². The van der Waals surface area contributed by atoms with Gasteiger partial charge in [0.25, 0.3) is 5.69 Å². The number of aliphatic hydroxyl groups is 2. The van der Waals surface area contributed by atoms with E-state index in [0.29, 0.717) is 27.5 Å². The molecule has 4 aromatic rings. The smallest absolute Gasteiger partial charge is 0.305 e. The molecule has 0 saturated carbocycles. The summed E-state index contributed by atoms with van der Waals surface area (Å²) >= 11 is 0. The number of hydrogen-bond donors (Lipinski definition) is 7. The van der Waals surface area contributed by atoms with Crippen molar-refractivity contribution < 1.29 is 58.1 Å². The number of nitrogens with two attached hydrogens (primary N) is 1. The van der Waals surface area contributed by atoms with Crippen molar-refractivity contribution >= 4 is 62.8 Å². The molecule has 0 unspecified atom stereocenters. The van der Waals surface area contributed by atoms with E-state index in [9.17, 15) is 44.3 Å². The summed E-state index contributed by atoms with van der Waals surface area (Å²) in [6.07, 6.45) is -7.11. The average Bonchev–Trinajstić information content (AvgIpc) is 3.23. The second kappa shape index (κ2) is 21.3. The number of amides is 4. The van der Waals surface area contributed by atoms with Crippen molar-refractivity contribution in [2.45, 2.75) is 89.1 Å². The molecule has 2 heterocycles. The molecule has 0 bridgehead atoms. The number of rotatable bonds is 20. The molecule has 8 atom stereocenters. The lowest BCUT2D eigenvalue weighted by Crippen LogP contribution is -2.66. The SMILES string of the molecule is CC(=O)N[C@@H]1[C@H](OCc2ccccc2)O[C@H](CO)[C@H](O)[C@@H]1O[C@H](C)C(=O)N[C@@H](C)C(=O)N[C@H](CCC(=O)OCCNc1c2ccccc2nc2cccc([N+](=O)[O-])c12)C(N)=O. The molecular formula is C41H49N7O13. The van der Waals surface area contributed by atoms with E-state index in [1.165, 1.54) is 26.8 Å². The minimum absolute atomic E-state index is 0.0504. The Hall–Kier alpha value is -6.32. The van der Waals surface area contributed by atoms with E-state index in [0.717, 1.165) is 5.56 Å². The normalized spacial score (nSPS) is 20.2. The fraction of sp³-hybridized carbons (Fsp3) is 0.415. The molecule has 3 aromatic carbocycles. The minimum atomic E-state index is -1.51. The van der Waals surface area contributed by atoms with Crippen LogP contribution in [0.1, 0.15) is 39.2 Å². The summed E-state index contributed by atoms with van der Waals surface area (Å²) in [5.74, 6) is -3.80. The Labute approximate surface area is 349 Å². The van der Waals surface area contributed by atoms with Crippen LogP contribution in [0.4, 0.5) is 11.4 Å². The molecule has 61 heavy (non-hydrogen) atoms. The van der Waals surface area contributed by atoms with E-state index >= 15 is 0 Å². The predicted molar refractivity (Wildman–Crippen MR) is 218 cm³/mol. The number of carbonyl (C=O) groups excluding carboxylic acids is 5. The number of benzene rings is 3. The van der Waals surface area contributed by atoms with E-state index in [1.54, 1.807) is 60.7 Å². The maximum absolute atomic E-state index is 13.2. The highest BCUT2D eigenvalue weighted by molar-refractivity contribution is 6.11. The van der Waals surface area contributed by atoms with Crippen LogP contribution in [-0.4, -0.2) is 118 Å². The van der Waals surface area contributed by atoms with Gasteiger partial charge in [-0.05, 0) is 38.0 Å². The number of non-ortho nitro benzene ring substituents is 1. The fourth-order valence-corrected chi connectivity index (χ4v) is 6.72. The highest BCUT2D eigenvalue weighted by Gasteiger charge is 2.48. The van der Waals surface area contributed by atoms with Crippen molar-refractivity contribution in [2.24, 2.45) is 5.73 Å². The third-order valence-corrected chi connectivity index (χ3v) is 9.81. The number of hydrogen-bond acceptors (Lipinski definition) is 15. The second-order valence-corrected chi connectivity index (χ2v) is 14.3. The van der Waals surface area contributed by atoms with E-state index in [2.05, 4.69) is 26.3 Å². The van der Waals surface area contributed by atoms with E-state index in [-0.39, 0.29) is 38.3 Å². The molecule has 0 aliphatic carbocycles. The molecule has 20 nitrogen and oxygen atoms in total. The molecule has 5 rings (SSSR count). The Bertz CT molecular complexity index is 2210. The molecule has 0 spiro atoms. The Morgan fingerprint density at radius 3 is 2.36 bits per heavy atom. The lowest BCUT2D eigenvalue weighted by molar-refractivity contribution is -0.383. The monoisotopic (exact) mass is 847 g/mol.